The molecule has 0 saturated heterocycles. The minimum atomic E-state index is -0.472. The molecule has 2 rings (SSSR count). The first-order valence-electron chi connectivity index (χ1n) is 13.4. The summed E-state index contributed by atoms with van der Waals surface area (Å²) in [5.41, 5.74) is 12.6. The molecule has 9 heteroatoms. The lowest BCUT2D eigenvalue weighted by Crippen LogP contribution is -2.20. The molecule has 0 saturated carbocycles. The normalized spacial score (nSPS) is 10.3. The number of hydrogen-bond donors (Lipinski definition) is 2. The molecule has 7 nitrogen and oxygen atoms in total. The van der Waals surface area contributed by atoms with Crippen LogP contribution in [0.5, 0.6) is 0 Å². The summed E-state index contributed by atoms with van der Waals surface area (Å²) >= 11 is 4.66. The van der Waals surface area contributed by atoms with E-state index < -0.39 is 6.48 Å². The van der Waals surface area contributed by atoms with Crippen molar-refractivity contribution >= 4 is 62.9 Å². The molecule has 0 spiro atoms. The van der Waals surface area contributed by atoms with Crippen LogP contribution in [0.25, 0.3) is 0 Å². The number of ether oxygens (including phenoxy) is 3. The van der Waals surface area contributed by atoms with E-state index in [1.54, 1.807) is 0 Å². The molecule has 0 aliphatic carbocycles. The molecule has 0 aromatic heterocycles. The highest BCUT2D eigenvalue weighted by Crippen LogP contribution is 2.24. The quantitative estimate of drug-likeness (QED) is 0.0852. The van der Waals surface area contributed by atoms with Crippen molar-refractivity contribution < 1.29 is 14.2 Å². The van der Waals surface area contributed by atoms with E-state index in [0.29, 0.717) is 19.8 Å². The summed E-state index contributed by atoms with van der Waals surface area (Å²) in [5, 5.41) is 2.93. The maximum atomic E-state index is 5.69. The van der Waals surface area contributed by atoms with Crippen LogP contribution >= 0.6 is 45.2 Å². The second-order valence-electron chi connectivity index (χ2n) is 8.53. The number of aliphatic imine (C=N–C) groups is 1. The van der Waals surface area contributed by atoms with Crippen LogP contribution in [0.1, 0.15) is 56.9 Å². The molecule has 0 fully saturated rings. The molecule has 3 N–H and O–H groups in total. The van der Waals surface area contributed by atoms with Crippen molar-refractivity contribution in [1.82, 2.24) is 10.2 Å². The van der Waals surface area contributed by atoms with Gasteiger partial charge in [0.25, 0.3) is 6.48 Å². The average Bonchev–Trinajstić information content (AvgIpc) is 2.90. The van der Waals surface area contributed by atoms with E-state index in [4.69, 9.17) is 19.9 Å². The van der Waals surface area contributed by atoms with Crippen molar-refractivity contribution in [3.8, 4) is 0 Å². The Morgan fingerprint density at radius 2 is 1.26 bits per heavy atom. The van der Waals surface area contributed by atoms with Crippen LogP contribution in [0.3, 0.4) is 0 Å². The van der Waals surface area contributed by atoms with Crippen molar-refractivity contribution in [2.45, 2.75) is 68.8 Å². The number of nitrogens with two attached hydrogens (primary N) is 1. The van der Waals surface area contributed by atoms with Gasteiger partial charge < -0.3 is 30.2 Å². The first-order chi connectivity index (χ1) is 18.4. The van der Waals surface area contributed by atoms with Gasteiger partial charge in [-0.1, -0.05) is 6.92 Å². The van der Waals surface area contributed by atoms with Gasteiger partial charge in [-0.25, -0.2) is 4.99 Å². The summed E-state index contributed by atoms with van der Waals surface area (Å²) in [7, 11) is 3.96. The number of nitrogens with one attached hydrogen (secondary N) is 1. The highest BCUT2D eigenvalue weighted by Gasteiger charge is 2.04. The highest BCUT2D eigenvalue weighted by molar-refractivity contribution is 14.1. The second-order valence-corrected chi connectivity index (χ2v) is 10.8. The lowest BCUT2D eigenvalue weighted by Gasteiger charge is -2.15. The largest absolute Gasteiger partial charge is 0.399 e. The van der Waals surface area contributed by atoms with Crippen molar-refractivity contribution in [2.75, 3.05) is 52.7 Å². The maximum absolute atomic E-state index is 5.69. The molecule has 2 aromatic carbocycles. The van der Waals surface area contributed by atoms with Crippen LogP contribution in [0.4, 0.5) is 11.4 Å². The Kier molecular flexibility index (Phi) is 25.5. The van der Waals surface area contributed by atoms with Gasteiger partial charge in [-0.3, -0.25) is 0 Å². The highest BCUT2D eigenvalue weighted by atomic mass is 127. The Labute approximate surface area is 265 Å². The zero-order chi connectivity index (χ0) is 30.4. The Balaban J connectivity index is 0. The monoisotopic (exact) mass is 770 g/mol. The predicted octanol–water partition coefficient (Wildman–Crippen LogP) is 7.61. The summed E-state index contributed by atoms with van der Waals surface area (Å²) < 4.78 is 17.8. The molecule has 0 aliphatic heterocycles. The smallest absolute Gasteiger partial charge is 0.271 e. The van der Waals surface area contributed by atoms with Gasteiger partial charge in [0.15, 0.2) is 0 Å². The summed E-state index contributed by atoms with van der Waals surface area (Å²) in [6.45, 7) is 21.6. The van der Waals surface area contributed by atoms with Crippen molar-refractivity contribution in [2.24, 2.45) is 4.99 Å². The van der Waals surface area contributed by atoms with E-state index in [1.165, 1.54) is 23.8 Å². The summed E-state index contributed by atoms with van der Waals surface area (Å²) in [6.07, 6.45) is 1.88. The van der Waals surface area contributed by atoms with Crippen LogP contribution in [0.2, 0.25) is 0 Å². The molecule has 0 bridgehead atoms. The van der Waals surface area contributed by atoms with Gasteiger partial charge in [-0.15, -0.1) is 0 Å². The fraction of sp³-hybridized carbons (Fsp3) is 0.567. The second kappa shape index (κ2) is 24.8. The third-order valence-electron chi connectivity index (χ3n) is 5.18. The van der Waals surface area contributed by atoms with E-state index in [-0.39, 0.29) is 0 Å². The van der Waals surface area contributed by atoms with E-state index >= 15 is 0 Å². The molecule has 0 atom stereocenters. The van der Waals surface area contributed by atoms with Gasteiger partial charge in [0.05, 0.1) is 12.0 Å². The van der Waals surface area contributed by atoms with E-state index in [1.807, 2.05) is 54.2 Å². The molecule has 0 amide bonds. The predicted molar refractivity (Wildman–Crippen MR) is 186 cm³/mol. The Morgan fingerprint density at radius 1 is 0.821 bits per heavy atom. The summed E-state index contributed by atoms with van der Waals surface area (Å²) in [4.78, 5) is 6.54. The maximum Gasteiger partial charge on any atom is 0.271 e. The van der Waals surface area contributed by atoms with E-state index in [0.717, 1.165) is 30.0 Å². The van der Waals surface area contributed by atoms with Gasteiger partial charge in [-0.2, -0.15) is 0 Å². The van der Waals surface area contributed by atoms with Gasteiger partial charge in [-0.05, 0) is 161 Å². The number of nitrogen functional groups attached to an aromatic ring is 1. The topological polar surface area (TPSA) is 81.3 Å². The van der Waals surface area contributed by atoms with Crippen LogP contribution in [-0.2, 0) is 14.2 Å². The Bertz CT molecular complexity index is 876. The molecule has 0 heterocycles. The van der Waals surface area contributed by atoms with Crippen molar-refractivity contribution in [3.63, 3.8) is 0 Å². The number of rotatable bonds is 10. The molecular weight excluding hydrogens is 718 g/mol. The first kappa shape index (κ1) is 40.2. The summed E-state index contributed by atoms with van der Waals surface area (Å²) in [5.74, 6) is 0. The zero-order valence-electron chi connectivity index (χ0n) is 26.0. The van der Waals surface area contributed by atoms with E-state index in [2.05, 4.69) is 113 Å². The third-order valence-corrected chi connectivity index (χ3v) is 7.50. The molecular formula is C30H52I2N4O3. The van der Waals surface area contributed by atoms with Crippen molar-refractivity contribution in [3.05, 3.63) is 53.7 Å². The van der Waals surface area contributed by atoms with Gasteiger partial charge in [0, 0.05) is 46.2 Å². The molecule has 0 unspecified atom stereocenters. The molecule has 224 valence electrons. The zero-order valence-corrected chi connectivity index (χ0v) is 30.3. The summed E-state index contributed by atoms with van der Waals surface area (Å²) in [6, 6.07) is 8.42. The average molecular weight is 771 g/mol. The van der Waals surface area contributed by atoms with Crippen LogP contribution in [-0.4, -0.2) is 64.7 Å². The van der Waals surface area contributed by atoms with E-state index in [9.17, 15) is 0 Å². The van der Waals surface area contributed by atoms with Crippen LogP contribution in [0.15, 0.2) is 29.3 Å². The Hall–Kier alpha value is -0.990. The number of halogens is 2. The van der Waals surface area contributed by atoms with Crippen molar-refractivity contribution in [1.29, 1.82) is 0 Å². The lowest BCUT2D eigenvalue weighted by atomic mass is 10.1. The molecule has 0 radical (unpaired) electrons. The SMILES string of the molecule is CCN(C)C=Nc1cc(C)c(I)cc1C.CCNC.CCOC(OCC)OCC.Cc1cc(I)c(C)cc1N. The fourth-order valence-electron chi connectivity index (χ4n) is 2.50. The number of nitrogens with zero attached hydrogens (tertiary/aromatic N) is 2. The molecule has 0 aliphatic rings. The number of anilines is 1. The van der Waals surface area contributed by atoms with Gasteiger partial charge >= 0.3 is 0 Å². The minimum absolute atomic E-state index is 0.472. The number of benzene rings is 2. The first-order valence-corrected chi connectivity index (χ1v) is 15.6. The molecule has 39 heavy (non-hydrogen) atoms. The van der Waals surface area contributed by atoms with Gasteiger partial charge in [0.2, 0.25) is 0 Å². The Morgan fingerprint density at radius 3 is 1.64 bits per heavy atom. The fourth-order valence-corrected chi connectivity index (χ4v) is 3.75. The number of hydrogen-bond acceptors (Lipinski definition) is 6. The number of aryl methyl sites for hydroxylation is 4. The molecule has 2 aromatic rings. The standard InChI is InChI=1S/C12H17IN2.C8H10IN.C7H16O3.C3H9N/c1-5-15(4)8-14-12-7-9(2)11(13)6-10(12)3;1-5-4-8(10)6(2)3-7(5)9;1-4-8-7(9-5-2)10-6-3;1-3-4-2/h6-8H,5H2,1-4H3;3-4H,10H2,1-2H3;7H,4-6H2,1-3H3;4H,3H2,1-2H3. The lowest BCUT2D eigenvalue weighted by molar-refractivity contribution is -0.282. The van der Waals surface area contributed by atoms with Crippen LogP contribution < -0.4 is 11.1 Å². The van der Waals surface area contributed by atoms with Gasteiger partial charge in [0.1, 0.15) is 0 Å². The minimum Gasteiger partial charge on any atom is -0.399 e. The van der Waals surface area contributed by atoms with Crippen LogP contribution in [0, 0.1) is 34.8 Å². The third kappa shape index (κ3) is 19.7.